The Morgan fingerprint density at radius 3 is 2.11 bits per heavy atom. The molecule has 19 heavy (non-hydrogen) atoms. The van der Waals surface area contributed by atoms with Gasteiger partial charge in [0.05, 0.1) is 6.61 Å². The van der Waals surface area contributed by atoms with Crippen LogP contribution in [0.4, 0.5) is 0 Å². The number of allylic oxidation sites excluding steroid dienone is 4. The van der Waals surface area contributed by atoms with E-state index in [0.717, 1.165) is 0 Å². The van der Waals surface area contributed by atoms with E-state index in [1.807, 2.05) is 0 Å². The Morgan fingerprint density at radius 2 is 1.74 bits per heavy atom. The van der Waals surface area contributed by atoms with E-state index in [1.54, 1.807) is 34.6 Å². The molecule has 0 aliphatic heterocycles. The van der Waals surface area contributed by atoms with Crippen LogP contribution in [0.15, 0.2) is 34.9 Å². The largest absolute Gasteiger partial charge is 0.463 e. The normalized spacial score (nSPS) is 14.5. The Labute approximate surface area is 113 Å². The van der Waals surface area contributed by atoms with Gasteiger partial charge in [0.15, 0.2) is 11.6 Å². The summed E-state index contributed by atoms with van der Waals surface area (Å²) in [5.74, 6) is -0.366. The minimum absolute atomic E-state index is 0.0119. The van der Waals surface area contributed by atoms with E-state index in [9.17, 15) is 14.4 Å². The number of carbonyl (C=O) groups excluding carboxylic acids is 3. The molecular weight excluding hydrogens is 244 g/mol. The molecule has 0 N–H and O–H groups in total. The maximum Gasteiger partial charge on any atom is 0.333 e. The van der Waals surface area contributed by atoms with Crippen molar-refractivity contribution < 1.29 is 19.1 Å². The predicted molar refractivity (Wildman–Crippen MR) is 73.6 cm³/mol. The standard InChI is InChI=1S/C9H10O2.C6H10O2/c1-5-4-8(10)6(2)7(3)9(5)11;1-4-8-6(7)5(2)3/h4H,1-3H3;2,4H2,1,3H3. The Balaban J connectivity index is 0.000000362. The van der Waals surface area contributed by atoms with E-state index >= 15 is 0 Å². The fraction of sp³-hybridized carbons (Fsp3) is 0.400. The average Bonchev–Trinajstić information content (AvgIpc) is 2.35. The van der Waals surface area contributed by atoms with Crippen molar-refractivity contribution in [2.75, 3.05) is 6.61 Å². The highest BCUT2D eigenvalue weighted by Gasteiger charge is 2.19. The summed E-state index contributed by atoms with van der Waals surface area (Å²) in [5, 5.41) is 0. The summed E-state index contributed by atoms with van der Waals surface area (Å²) < 4.78 is 4.56. The van der Waals surface area contributed by atoms with Crippen LogP contribution in [0.1, 0.15) is 34.6 Å². The molecule has 4 nitrogen and oxygen atoms in total. The molecule has 1 aliphatic rings. The lowest BCUT2D eigenvalue weighted by Crippen LogP contribution is -2.14. The van der Waals surface area contributed by atoms with Crippen LogP contribution in [0.2, 0.25) is 0 Å². The van der Waals surface area contributed by atoms with Gasteiger partial charge in [0.1, 0.15) is 0 Å². The summed E-state index contributed by atoms with van der Waals surface area (Å²) in [6.07, 6.45) is 1.39. The smallest absolute Gasteiger partial charge is 0.333 e. The van der Waals surface area contributed by atoms with Crippen molar-refractivity contribution in [2.24, 2.45) is 0 Å². The second-order valence-electron chi connectivity index (χ2n) is 4.27. The van der Waals surface area contributed by atoms with Crippen LogP contribution >= 0.6 is 0 Å². The fourth-order valence-corrected chi connectivity index (χ4v) is 1.28. The van der Waals surface area contributed by atoms with Crippen molar-refractivity contribution in [2.45, 2.75) is 34.6 Å². The molecule has 4 heteroatoms. The molecule has 0 atom stereocenters. The maximum atomic E-state index is 11.2. The number of hydrogen-bond acceptors (Lipinski definition) is 4. The quantitative estimate of drug-likeness (QED) is 0.437. The van der Waals surface area contributed by atoms with Crippen molar-refractivity contribution in [1.29, 1.82) is 0 Å². The van der Waals surface area contributed by atoms with Crippen LogP contribution in [0.25, 0.3) is 0 Å². The van der Waals surface area contributed by atoms with Crippen molar-refractivity contribution in [3.63, 3.8) is 0 Å². The lowest BCUT2D eigenvalue weighted by Gasteiger charge is -2.09. The Hall–Kier alpha value is -1.97. The van der Waals surface area contributed by atoms with Gasteiger partial charge in [0, 0.05) is 22.3 Å². The summed E-state index contributed by atoms with van der Waals surface area (Å²) in [4.78, 5) is 32.7. The Bertz CT molecular complexity index is 478. The third kappa shape index (κ3) is 5.04. The third-order valence-corrected chi connectivity index (χ3v) is 2.60. The monoisotopic (exact) mass is 264 g/mol. The molecule has 0 aromatic rings. The van der Waals surface area contributed by atoms with Gasteiger partial charge in [-0.3, -0.25) is 9.59 Å². The van der Waals surface area contributed by atoms with Crippen LogP contribution in [-0.2, 0) is 19.1 Å². The summed E-state index contributed by atoms with van der Waals surface area (Å²) >= 11 is 0. The van der Waals surface area contributed by atoms with Gasteiger partial charge in [-0.25, -0.2) is 4.79 Å². The molecule has 1 rings (SSSR count). The van der Waals surface area contributed by atoms with Gasteiger partial charge in [0.25, 0.3) is 0 Å². The first kappa shape index (κ1) is 17.0. The zero-order valence-corrected chi connectivity index (χ0v) is 12.1. The lowest BCUT2D eigenvalue weighted by atomic mass is 9.92. The molecule has 0 aromatic heterocycles. The predicted octanol–water partition coefficient (Wildman–Crippen LogP) is 2.55. The fourth-order valence-electron chi connectivity index (χ4n) is 1.28. The van der Waals surface area contributed by atoms with E-state index in [-0.39, 0.29) is 17.5 Å². The highest BCUT2D eigenvalue weighted by molar-refractivity contribution is 6.21. The molecule has 0 spiro atoms. The number of esters is 1. The molecule has 1 aliphatic carbocycles. The van der Waals surface area contributed by atoms with Crippen molar-refractivity contribution in [3.05, 3.63) is 34.9 Å². The maximum absolute atomic E-state index is 11.2. The van der Waals surface area contributed by atoms with Gasteiger partial charge in [0.2, 0.25) is 0 Å². The van der Waals surface area contributed by atoms with E-state index in [0.29, 0.717) is 28.9 Å². The molecule has 0 saturated heterocycles. The molecule has 0 fully saturated rings. The van der Waals surface area contributed by atoms with Crippen LogP contribution in [0.5, 0.6) is 0 Å². The highest BCUT2D eigenvalue weighted by atomic mass is 16.5. The molecule has 0 radical (unpaired) electrons. The second-order valence-corrected chi connectivity index (χ2v) is 4.27. The number of Topliss-reactive ketones (excluding diaryl/α,β-unsaturated/α-hetero) is 1. The van der Waals surface area contributed by atoms with Crippen LogP contribution in [-0.4, -0.2) is 24.1 Å². The Morgan fingerprint density at radius 1 is 1.21 bits per heavy atom. The second kappa shape index (κ2) is 7.46. The number of hydrogen-bond donors (Lipinski definition) is 0. The number of carbonyl (C=O) groups is 3. The number of ether oxygens (including phenoxy) is 1. The minimum atomic E-state index is -0.312. The molecule has 0 bridgehead atoms. The summed E-state index contributed by atoms with van der Waals surface area (Å²) in [7, 11) is 0. The van der Waals surface area contributed by atoms with Crippen molar-refractivity contribution in [3.8, 4) is 0 Å². The van der Waals surface area contributed by atoms with Gasteiger partial charge in [-0.15, -0.1) is 0 Å². The van der Waals surface area contributed by atoms with E-state index < -0.39 is 0 Å². The van der Waals surface area contributed by atoms with Crippen LogP contribution in [0.3, 0.4) is 0 Å². The molecule has 0 heterocycles. The van der Waals surface area contributed by atoms with Crippen LogP contribution in [0, 0.1) is 0 Å². The third-order valence-electron chi connectivity index (χ3n) is 2.60. The molecule has 0 amide bonds. The first-order chi connectivity index (χ1) is 8.72. The summed E-state index contributed by atoms with van der Waals surface area (Å²) in [5.41, 5.74) is 2.14. The van der Waals surface area contributed by atoms with Gasteiger partial charge in [-0.1, -0.05) is 6.58 Å². The summed E-state index contributed by atoms with van der Waals surface area (Å²) in [6, 6.07) is 0. The first-order valence-corrected chi connectivity index (χ1v) is 5.99. The SMILES string of the molecule is C=C(C)C(=O)OCC.CC1=CC(=O)C(C)=C(C)C1=O. The molecule has 0 aromatic carbocycles. The summed E-state index contributed by atoms with van der Waals surface area (Å²) in [6.45, 7) is 12.2. The Kier molecular flexibility index (Phi) is 6.69. The van der Waals surface area contributed by atoms with Gasteiger partial charge >= 0.3 is 5.97 Å². The van der Waals surface area contributed by atoms with Gasteiger partial charge in [-0.05, 0) is 40.7 Å². The van der Waals surface area contributed by atoms with Crippen molar-refractivity contribution in [1.82, 2.24) is 0 Å². The zero-order valence-electron chi connectivity index (χ0n) is 12.1. The highest BCUT2D eigenvalue weighted by Crippen LogP contribution is 2.17. The molecular formula is C15H20O4. The lowest BCUT2D eigenvalue weighted by molar-refractivity contribution is -0.138. The number of ketones is 2. The number of rotatable bonds is 2. The molecule has 0 unspecified atom stereocenters. The first-order valence-electron chi connectivity index (χ1n) is 5.99. The molecule has 0 saturated carbocycles. The minimum Gasteiger partial charge on any atom is -0.463 e. The van der Waals surface area contributed by atoms with E-state index in [1.165, 1.54) is 6.08 Å². The van der Waals surface area contributed by atoms with Gasteiger partial charge in [-0.2, -0.15) is 0 Å². The zero-order chi connectivity index (χ0) is 15.2. The van der Waals surface area contributed by atoms with Crippen molar-refractivity contribution >= 4 is 17.5 Å². The topological polar surface area (TPSA) is 60.4 Å². The van der Waals surface area contributed by atoms with Crippen LogP contribution < -0.4 is 0 Å². The molecule has 104 valence electrons. The van der Waals surface area contributed by atoms with E-state index in [2.05, 4.69) is 11.3 Å². The van der Waals surface area contributed by atoms with Gasteiger partial charge < -0.3 is 4.74 Å². The average molecular weight is 264 g/mol. The van der Waals surface area contributed by atoms with E-state index in [4.69, 9.17) is 0 Å².